The molecule has 4 heteroatoms. The standard InChI is InChI=1S/C12H25N3O/c1-3-4-7-11(13)12(16)14-9-10-6-5-8-15(10)2/h10-11H,3-9,13H2,1-2H3,(H,14,16)/t10?,11-/m0/s1. The lowest BCUT2D eigenvalue weighted by atomic mass is 10.1. The monoisotopic (exact) mass is 227 g/mol. The highest BCUT2D eigenvalue weighted by Gasteiger charge is 2.22. The third-order valence-corrected chi connectivity index (χ3v) is 3.39. The first-order chi connectivity index (χ1) is 7.65. The van der Waals surface area contributed by atoms with E-state index in [-0.39, 0.29) is 11.9 Å². The summed E-state index contributed by atoms with van der Waals surface area (Å²) in [5.74, 6) is 0.00810. The highest BCUT2D eigenvalue weighted by Crippen LogP contribution is 2.13. The second-order valence-corrected chi connectivity index (χ2v) is 4.77. The largest absolute Gasteiger partial charge is 0.353 e. The van der Waals surface area contributed by atoms with Crippen molar-refractivity contribution in [1.82, 2.24) is 10.2 Å². The Morgan fingerprint density at radius 2 is 2.38 bits per heavy atom. The molecule has 1 aliphatic heterocycles. The van der Waals surface area contributed by atoms with Crippen molar-refractivity contribution in [2.45, 2.75) is 51.1 Å². The molecule has 1 rings (SSSR count). The molecule has 16 heavy (non-hydrogen) atoms. The lowest BCUT2D eigenvalue weighted by molar-refractivity contribution is -0.122. The number of unbranched alkanes of at least 4 members (excludes halogenated alkanes) is 1. The third kappa shape index (κ3) is 4.10. The quantitative estimate of drug-likeness (QED) is 0.703. The molecule has 1 aliphatic rings. The van der Waals surface area contributed by atoms with Crippen molar-refractivity contribution in [1.29, 1.82) is 0 Å². The lowest BCUT2D eigenvalue weighted by Crippen LogP contribution is -2.45. The molecule has 0 aromatic heterocycles. The van der Waals surface area contributed by atoms with Crippen LogP contribution >= 0.6 is 0 Å². The molecule has 1 heterocycles. The molecule has 0 aliphatic carbocycles. The highest BCUT2D eigenvalue weighted by atomic mass is 16.2. The van der Waals surface area contributed by atoms with E-state index in [2.05, 4.69) is 24.2 Å². The fourth-order valence-electron chi connectivity index (χ4n) is 2.14. The Morgan fingerprint density at radius 1 is 1.62 bits per heavy atom. The van der Waals surface area contributed by atoms with E-state index in [0.29, 0.717) is 6.04 Å². The van der Waals surface area contributed by atoms with Gasteiger partial charge in [0.05, 0.1) is 6.04 Å². The summed E-state index contributed by atoms with van der Waals surface area (Å²) < 4.78 is 0. The number of nitrogens with two attached hydrogens (primary N) is 1. The molecule has 0 saturated carbocycles. The van der Waals surface area contributed by atoms with Crippen molar-refractivity contribution in [3.05, 3.63) is 0 Å². The fourth-order valence-corrected chi connectivity index (χ4v) is 2.14. The molecule has 2 atom stereocenters. The number of carbonyl (C=O) groups excluding carboxylic acids is 1. The van der Waals surface area contributed by atoms with Crippen LogP contribution in [0.5, 0.6) is 0 Å². The number of nitrogens with one attached hydrogen (secondary N) is 1. The molecule has 0 spiro atoms. The summed E-state index contributed by atoms with van der Waals surface area (Å²) in [6.45, 7) is 4.00. The van der Waals surface area contributed by atoms with E-state index in [0.717, 1.165) is 32.4 Å². The molecule has 0 radical (unpaired) electrons. The molecule has 0 aromatic rings. The number of amides is 1. The number of rotatable bonds is 6. The highest BCUT2D eigenvalue weighted by molar-refractivity contribution is 5.81. The van der Waals surface area contributed by atoms with E-state index in [4.69, 9.17) is 5.73 Å². The van der Waals surface area contributed by atoms with Gasteiger partial charge in [0.15, 0.2) is 0 Å². The Morgan fingerprint density at radius 3 is 2.94 bits per heavy atom. The summed E-state index contributed by atoms with van der Waals surface area (Å²) >= 11 is 0. The van der Waals surface area contributed by atoms with Gasteiger partial charge >= 0.3 is 0 Å². The molecule has 0 aromatic carbocycles. The molecule has 3 N–H and O–H groups in total. The third-order valence-electron chi connectivity index (χ3n) is 3.39. The van der Waals surface area contributed by atoms with Gasteiger partial charge < -0.3 is 16.0 Å². The molecule has 1 amide bonds. The number of nitrogens with zero attached hydrogens (tertiary/aromatic N) is 1. The first-order valence-corrected chi connectivity index (χ1v) is 6.38. The van der Waals surface area contributed by atoms with Crippen LogP contribution in [-0.2, 0) is 4.79 Å². The number of likely N-dealkylation sites (N-methyl/N-ethyl adjacent to an activating group) is 1. The van der Waals surface area contributed by atoms with E-state index >= 15 is 0 Å². The molecule has 4 nitrogen and oxygen atoms in total. The van der Waals surface area contributed by atoms with Gasteiger partial charge in [-0.05, 0) is 32.9 Å². The maximum absolute atomic E-state index is 11.7. The number of hydrogen-bond acceptors (Lipinski definition) is 3. The molecule has 1 unspecified atom stereocenters. The SMILES string of the molecule is CCCC[C@H](N)C(=O)NCC1CCCN1C. The van der Waals surface area contributed by atoms with Crippen LogP contribution in [0.3, 0.4) is 0 Å². The van der Waals surface area contributed by atoms with E-state index in [1.54, 1.807) is 0 Å². The van der Waals surface area contributed by atoms with Gasteiger partial charge in [0.2, 0.25) is 5.91 Å². The van der Waals surface area contributed by atoms with Crippen LogP contribution in [0, 0.1) is 0 Å². The molecule has 1 saturated heterocycles. The molecular formula is C12H25N3O. The summed E-state index contributed by atoms with van der Waals surface area (Å²) in [6.07, 6.45) is 5.33. The summed E-state index contributed by atoms with van der Waals surface area (Å²) in [5.41, 5.74) is 5.80. The molecular weight excluding hydrogens is 202 g/mol. The van der Waals surface area contributed by atoms with Crippen LogP contribution < -0.4 is 11.1 Å². The van der Waals surface area contributed by atoms with Crippen LogP contribution in [0.1, 0.15) is 39.0 Å². The predicted molar refractivity (Wildman–Crippen MR) is 66.2 cm³/mol. The van der Waals surface area contributed by atoms with Crippen molar-refractivity contribution >= 4 is 5.91 Å². The Balaban J connectivity index is 2.18. The minimum atomic E-state index is -0.327. The summed E-state index contributed by atoms with van der Waals surface area (Å²) in [4.78, 5) is 14.0. The van der Waals surface area contributed by atoms with E-state index < -0.39 is 0 Å². The first kappa shape index (κ1) is 13.5. The summed E-state index contributed by atoms with van der Waals surface area (Å²) in [6, 6.07) is 0.175. The van der Waals surface area contributed by atoms with Gasteiger partial charge in [0.25, 0.3) is 0 Å². The normalized spacial score (nSPS) is 23.3. The van der Waals surface area contributed by atoms with Crippen molar-refractivity contribution < 1.29 is 4.79 Å². The number of hydrogen-bond donors (Lipinski definition) is 2. The Hall–Kier alpha value is -0.610. The van der Waals surface area contributed by atoms with Gasteiger partial charge in [-0.3, -0.25) is 4.79 Å². The van der Waals surface area contributed by atoms with Gasteiger partial charge in [-0.2, -0.15) is 0 Å². The first-order valence-electron chi connectivity index (χ1n) is 6.38. The van der Waals surface area contributed by atoms with Gasteiger partial charge in [0, 0.05) is 12.6 Å². The molecule has 1 fully saturated rings. The zero-order chi connectivity index (χ0) is 12.0. The lowest BCUT2D eigenvalue weighted by Gasteiger charge is -2.20. The van der Waals surface area contributed by atoms with Gasteiger partial charge in [0.1, 0.15) is 0 Å². The molecule has 94 valence electrons. The van der Waals surface area contributed by atoms with Gasteiger partial charge in [-0.25, -0.2) is 0 Å². The van der Waals surface area contributed by atoms with E-state index in [9.17, 15) is 4.79 Å². The van der Waals surface area contributed by atoms with Crippen molar-refractivity contribution in [2.75, 3.05) is 20.1 Å². The van der Waals surface area contributed by atoms with Crippen LogP contribution in [-0.4, -0.2) is 43.0 Å². The zero-order valence-electron chi connectivity index (χ0n) is 10.5. The Bertz CT molecular complexity index is 220. The van der Waals surface area contributed by atoms with E-state index in [1.165, 1.54) is 12.8 Å². The maximum Gasteiger partial charge on any atom is 0.236 e. The van der Waals surface area contributed by atoms with Gasteiger partial charge in [-0.1, -0.05) is 19.8 Å². The predicted octanol–water partition coefficient (Wildman–Crippen LogP) is 0.714. The van der Waals surface area contributed by atoms with Crippen molar-refractivity contribution in [3.8, 4) is 0 Å². The average molecular weight is 227 g/mol. The van der Waals surface area contributed by atoms with Crippen molar-refractivity contribution in [2.24, 2.45) is 5.73 Å². The fraction of sp³-hybridized carbons (Fsp3) is 0.917. The van der Waals surface area contributed by atoms with E-state index in [1.807, 2.05) is 0 Å². The smallest absolute Gasteiger partial charge is 0.236 e. The molecule has 0 bridgehead atoms. The number of carbonyl (C=O) groups is 1. The maximum atomic E-state index is 11.7. The number of likely N-dealkylation sites (tertiary alicyclic amines) is 1. The summed E-state index contributed by atoms with van der Waals surface area (Å²) in [5, 5.41) is 2.96. The van der Waals surface area contributed by atoms with Crippen molar-refractivity contribution in [3.63, 3.8) is 0 Å². The van der Waals surface area contributed by atoms with Gasteiger partial charge in [-0.15, -0.1) is 0 Å². The van der Waals surface area contributed by atoms with Crippen LogP contribution in [0.4, 0.5) is 0 Å². The Kier molecular flexibility index (Phi) is 5.77. The second kappa shape index (κ2) is 6.86. The minimum Gasteiger partial charge on any atom is -0.353 e. The topological polar surface area (TPSA) is 58.4 Å². The average Bonchev–Trinajstić information content (AvgIpc) is 2.68. The Labute approximate surface area is 98.6 Å². The zero-order valence-corrected chi connectivity index (χ0v) is 10.5. The van der Waals surface area contributed by atoms with Crippen LogP contribution in [0.15, 0.2) is 0 Å². The van der Waals surface area contributed by atoms with Crippen LogP contribution in [0.2, 0.25) is 0 Å². The summed E-state index contributed by atoms with van der Waals surface area (Å²) in [7, 11) is 2.11. The van der Waals surface area contributed by atoms with Crippen LogP contribution in [0.25, 0.3) is 0 Å². The second-order valence-electron chi connectivity index (χ2n) is 4.77. The minimum absolute atomic E-state index is 0.00810.